The molecule has 1 aromatic heterocycles. The van der Waals surface area contributed by atoms with E-state index in [2.05, 4.69) is 31.0 Å². The van der Waals surface area contributed by atoms with Gasteiger partial charge in [0.25, 0.3) is 0 Å². The number of rotatable bonds is 3. The molecule has 0 aliphatic heterocycles. The molecule has 0 radical (unpaired) electrons. The van der Waals surface area contributed by atoms with E-state index >= 15 is 0 Å². The lowest BCUT2D eigenvalue weighted by atomic mass is 10.0. The average molecular weight is 278 g/mol. The lowest BCUT2D eigenvalue weighted by molar-refractivity contribution is 0.487. The number of hydrogen-bond acceptors (Lipinski definition) is 3. The second kappa shape index (κ2) is 5.44. The first-order valence-electron chi connectivity index (χ1n) is 7.05. The van der Waals surface area contributed by atoms with Gasteiger partial charge in [0.05, 0.1) is 0 Å². The van der Waals surface area contributed by atoms with E-state index in [0.717, 1.165) is 28.0 Å². The quantitative estimate of drug-likeness (QED) is 0.704. The van der Waals surface area contributed by atoms with Gasteiger partial charge in [-0.15, -0.1) is 0 Å². The topological polar surface area (TPSA) is 48.1 Å². The first kappa shape index (κ1) is 13.4. The highest BCUT2D eigenvalue weighted by molar-refractivity contribution is 5.96. The lowest BCUT2D eigenvalue weighted by Gasteiger charge is -2.12. The Labute approximate surface area is 124 Å². The average Bonchev–Trinajstić information content (AvgIpc) is 2.51. The number of fused-ring (bicyclic) bond motifs is 1. The highest BCUT2D eigenvalue weighted by Gasteiger charge is 2.07. The Balaban J connectivity index is 2.02. The number of nitrogens with zero attached hydrogens (tertiary/aromatic N) is 1. The Morgan fingerprint density at radius 2 is 1.90 bits per heavy atom. The predicted octanol–water partition coefficient (Wildman–Crippen LogP) is 4.73. The van der Waals surface area contributed by atoms with Crippen LogP contribution < -0.4 is 10.5 Å². The van der Waals surface area contributed by atoms with Gasteiger partial charge in [0.2, 0.25) is 0 Å². The summed E-state index contributed by atoms with van der Waals surface area (Å²) in [6.45, 7) is 4.34. The van der Waals surface area contributed by atoms with Gasteiger partial charge in [-0.25, -0.2) is 0 Å². The molecule has 0 saturated heterocycles. The molecular weight excluding hydrogens is 260 g/mol. The zero-order chi connectivity index (χ0) is 14.8. The fraction of sp³-hybridized carbons (Fsp3) is 0.167. The van der Waals surface area contributed by atoms with Crippen LogP contribution in [0.4, 0.5) is 5.69 Å². The molecule has 3 heteroatoms. The van der Waals surface area contributed by atoms with Gasteiger partial charge in [-0.3, -0.25) is 4.98 Å². The zero-order valence-corrected chi connectivity index (χ0v) is 12.2. The standard InChI is InChI=1S/C18H18N2O/c1-12(2)13-4-3-5-14(10-13)21-18-7-6-17(19)15-8-9-20-11-16(15)18/h3-12H,19H2,1-2H3. The molecule has 2 N–H and O–H groups in total. The highest BCUT2D eigenvalue weighted by atomic mass is 16.5. The minimum atomic E-state index is 0.471. The molecule has 0 atom stereocenters. The SMILES string of the molecule is CC(C)c1cccc(Oc2ccc(N)c3ccncc23)c1. The third-order valence-electron chi connectivity index (χ3n) is 3.56. The minimum Gasteiger partial charge on any atom is -0.457 e. The van der Waals surface area contributed by atoms with Crippen LogP contribution in [0.3, 0.4) is 0 Å². The largest absolute Gasteiger partial charge is 0.457 e. The zero-order valence-electron chi connectivity index (χ0n) is 12.2. The minimum absolute atomic E-state index is 0.471. The predicted molar refractivity (Wildman–Crippen MR) is 86.8 cm³/mol. The Bertz CT molecular complexity index is 781. The molecule has 3 nitrogen and oxygen atoms in total. The monoisotopic (exact) mass is 278 g/mol. The van der Waals surface area contributed by atoms with Gasteiger partial charge in [0, 0.05) is 28.9 Å². The number of nitrogens with two attached hydrogens (primary N) is 1. The fourth-order valence-electron chi connectivity index (χ4n) is 2.34. The smallest absolute Gasteiger partial charge is 0.136 e. The molecule has 0 fully saturated rings. The summed E-state index contributed by atoms with van der Waals surface area (Å²) in [7, 11) is 0. The number of aromatic nitrogens is 1. The van der Waals surface area contributed by atoms with Crippen LogP contribution in [0.15, 0.2) is 54.9 Å². The van der Waals surface area contributed by atoms with E-state index in [1.54, 1.807) is 12.4 Å². The van der Waals surface area contributed by atoms with Crippen molar-refractivity contribution in [2.45, 2.75) is 19.8 Å². The molecule has 1 heterocycles. The number of benzene rings is 2. The van der Waals surface area contributed by atoms with E-state index in [1.807, 2.05) is 30.3 Å². The Morgan fingerprint density at radius 1 is 1.05 bits per heavy atom. The van der Waals surface area contributed by atoms with Gasteiger partial charge in [-0.2, -0.15) is 0 Å². The summed E-state index contributed by atoms with van der Waals surface area (Å²) in [5.41, 5.74) is 7.99. The molecule has 3 rings (SSSR count). The summed E-state index contributed by atoms with van der Waals surface area (Å²) in [4.78, 5) is 4.17. The van der Waals surface area contributed by atoms with E-state index < -0.39 is 0 Å². The lowest BCUT2D eigenvalue weighted by Crippen LogP contribution is -1.92. The van der Waals surface area contributed by atoms with Gasteiger partial charge in [-0.05, 0) is 41.8 Å². The summed E-state index contributed by atoms with van der Waals surface area (Å²) >= 11 is 0. The van der Waals surface area contributed by atoms with E-state index in [-0.39, 0.29) is 0 Å². The second-order valence-electron chi connectivity index (χ2n) is 5.40. The molecule has 0 unspecified atom stereocenters. The van der Waals surface area contributed by atoms with Crippen molar-refractivity contribution in [2.75, 3.05) is 5.73 Å². The van der Waals surface area contributed by atoms with E-state index in [4.69, 9.17) is 10.5 Å². The molecule has 0 aliphatic rings. The maximum atomic E-state index is 6.04. The van der Waals surface area contributed by atoms with E-state index in [0.29, 0.717) is 5.92 Å². The molecule has 0 bridgehead atoms. The molecule has 0 amide bonds. The van der Waals surface area contributed by atoms with Gasteiger partial charge in [0.15, 0.2) is 0 Å². The van der Waals surface area contributed by atoms with Crippen LogP contribution in [-0.2, 0) is 0 Å². The molecule has 106 valence electrons. The summed E-state index contributed by atoms with van der Waals surface area (Å²) in [5, 5.41) is 1.88. The first-order chi connectivity index (χ1) is 10.1. The molecule has 0 saturated carbocycles. The number of ether oxygens (including phenoxy) is 1. The van der Waals surface area contributed by atoms with Crippen molar-refractivity contribution in [3.05, 3.63) is 60.4 Å². The van der Waals surface area contributed by atoms with E-state index in [1.165, 1.54) is 5.56 Å². The van der Waals surface area contributed by atoms with Crippen LogP contribution in [0.2, 0.25) is 0 Å². The normalized spacial score (nSPS) is 11.0. The molecular formula is C18H18N2O. The number of anilines is 1. The maximum absolute atomic E-state index is 6.04. The van der Waals surface area contributed by atoms with Crippen molar-refractivity contribution >= 4 is 16.5 Å². The Hall–Kier alpha value is -2.55. The van der Waals surface area contributed by atoms with Crippen LogP contribution in [0.25, 0.3) is 10.8 Å². The van der Waals surface area contributed by atoms with Crippen molar-refractivity contribution in [1.29, 1.82) is 0 Å². The van der Waals surface area contributed by atoms with Crippen molar-refractivity contribution in [3.8, 4) is 11.5 Å². The third-order valence-corrected chi connectivity index (χ3v) is 3.56. The van der Waals surface area contributed by atoms with Crippen molar-refractivity contribution < 1.29 is 4.74 Å². The Kier molecular flexibility index (Phi) is 3.48. The van der Waals surface area contributed by atoms with Crippen LogP contribution in [0.5, 0.6) is 11.5 Å². The maximum Gasteiger partial charge on any atom is 0.136 e. The highest BCUT2D eigenvalue weighted by Crippen LogP contribution is 2.33. The van der Waals surface area contributed by atoms with Crippen LogP contribution >= 0.6 is 0 Å². The molecule has 3 aromatic rings. The summed E-state index contributed by atoms with van der Waals surface area (Å²) in [6.07, 6.45) is 3.52. The third kappa shape index (κ3) is 2.68. The Morgan fingerprint density at radius 3 is 2.71 bits per heavy atom. The van der Waals surface area contributed by atoms with Crippen LogP contribution in [-0.4, -0.2) is 4.98 Å². The van der Waals surface area contributed by atoms with Gasteiger partial charge < -0.3 is 10.5 Å². The summed E-state index contributed by atoms with van der Waals surface area (Å²) < 4.78 is 6.04. The summed E-state index contributed by atoms with van der Waals surface area (Å²) in [5.74, 6) is 2.07. The summed E-state index contributed by atoms with van der Waals surface area (Å²) in [6, 6.07) is 13.8. The van der Waals surface area contributed by atoms with Gasteiger partial charge in [-0.1, -0.05) is 26.0 Å². The van der Waals surface area contributed by atoms with Crippen molar-refractivity contribution in [3.63, 3.8) is 0 Å². The number of nitrogen functional groups attached to an aromatic ring is 1. The number of pyridine rings is 1. The fourth-order valence-corrected chi connectivity index (χ4v) is 2.34. The molecule has 2 aromatic carbocycles. The van der Waals surface area contributed by atoms with Crippen molar-refractivity contribution in [1.82, 2.24) is 4.98 Å². The van der Waals surface area contributed by atoms with Gasteiger partial charge in [0.1, 0.15) is 11.5 Å². The molecule has 0 spiro atoms. The van der Waals surface area contributed by atoms with Crippen molar-refractivity contribution in [2.24, 2.45) is 0 Å². The molecule has 0 aliphatic carbocycles. The molecule has 21 heavy (non-hydrogen) atoms. The first-order valence-corrected chi connectivity index (χ1v) is 7.05. The second-order valence-corrected chi connectivity index (χ2v) is 5.40. The van der Waals surface area contributed by atoms with Crippen LogP contribution in [0, 0.1) is 0 Å². The number of hydrogen-bond donors (Lipinski definition) is 1. The van der Waals surface area contributed by atoms with E-state index in [9.17, 15) is 0 Å². The van der Waals surface area contributed by atoms with Gasteiger partial charge >= 0.3 is 0 Å². The van der Waals surface area contributed by atoms with Crippen LogP contribution in [0.1, 0.15) is 25.3 Å².